The second-order valence-corrected chi connectivity index (χ2v) is 9.97. The third-order valence-electron chi connectivity index (χ3n) is 7.38. The first-order valence-electron chi connectivity index (χ1n) is 13.2. The molecule has 1 fully saturated rings. The summed E-state index contributed by atoms with van der Waals surface area (Å²) in [5.74, 6) is -1.48. The molecule has 6 rings (SSSR count). The number of halogens is 2. The van der Waals surface area contributed by atoms with E-state index in [1.54, 1.807) is 7.11 Å². The van der Waals surface area contributed by atoms with E-state index in [1.807, 2.05) is 41.0 Å². The first-order valence-corrected chi connectivity index (χ1v) is 13.2. The van der Waals surface area contributed by atoms with Gasteiger partial charge in [0, 0.05) is 24.9 Å². The number of nitrogens with zero attached hydrogens (tertiary/aromatic N) is 5. The van der Waals surface area contributed by atoms with Crippen molar-refractivity contribution in [1.29, 1.82) is 0 Å². The number of hydrogen-bond acceptors (Lipinski definition) is 7. The van der Waals surface area contributed by atoms with Crippen LogP contribution in [0.25, 0.3) is 28.1 Å². The van der Waals surface area contributed by atoms with Crippen molar-refractivity contribution >= 4 is 28.2 Å². The number of fused-ring (bicyclic) bond motifs is 2. The van der Waals surface area contributed by atoms with Crippen LogP contribution in [0.4, 0.5) is 26.0 Å². The second-order valence-electron chi connectivity index (χ2n) is 9.97. The number of anilines is 2. The van der Waals surface area contributed by atoms with Crippen LogP contribution in [0, 0.1) is 21.7 Å². The van der Waals surface area contributed by atoms with E-state index in [0.717, 1.165) is 43.3 Å². The number of hydrogen-bond donors (Lipinski definition) is 1. The van der Waals surface area contributed by atoms with Crippen molar-refractivity contribution in [3.05, 3.63) is 100 Å². The Morgan fingerprint density at radius 3 is 2.54 bits per heavy atom. The lowest BCUT2D eigenvalue weighted by atomic mass is 9.93. The molecular weight excluding hydrogens is 530 g/mol. The molecule has 0 atom stereocenters. The highest BCUT2D eigenvalue weighted by molar-refractivity contribution is 5.84. The van der Waals surface area contributed by atoms with Gasteiger partial charge in [-0.2, -0.15) is 0 Å². The molecule has 208 valence electrons. The van der Waals surface area contributed by atoms with Gasteiger partial charge in [0.25, 0.3) is 5.69 Å². The van der Waals surface area contributed by atoms with Crippen molar-refractivity contribution in [3.63, 3.8) is 0 Å². The van der Waals surface area contributed by atoms with E-state index < -0.39 is 16.6 Å². The largest absolute Gasteiger partial charge is 0.381 e. The Morgan fingerprint density at radius 1 is 1.02 bits per heavy atom. The van der Waals surface area contributed by atoms with E-state index in [-0.39, 0.29) is 17.8 Å². The molecule has 1 aliphatic heterocycles. The van der Waals surface area contributed by atoms with Crippen LogP contribution in [0.2, 0.25) is 0 Å². The van der Waals surface area contributed by atoms with Gasteiger partial charge in [0.2, 0.25) is 0 Å². The summed E-state index contributed by atoms with van der Waals surface area (Å²) in [6.07, 6.45) is 4.90. The SMILES string of the molecule is COC1CCC(/N=c2\cc3n(-c4ccc(F)c(F)c4)c4ccccc4nc-3cc2Nc2ccc([N+](=O)[O-])cn2)CC1. The maximum atomic E-state index is 14.4. The fourth-order valence-corrected chi connectivity index (χ4v) is 5.26. The number of aromatic nitrogens is 3. The summed E-state index contributed by atoms with van der Waals surface area (Å²) in [5, 5.41) is 15.0. The molecule has 0 bridgehead atoms. The van der Waals surface area contributed by atoms with Gasteiger partial charge >= 0.3 is 0 Å². The van der Waals surface area contributed by atoms with Crippen molar-refractivity contribution in [3.8, 4) is 17.1 Å². The molecule has 2 aromatic carbocycles. The van der Waals surface area contributed by atoms with Gasteiger partial charge in [-0.1, -0.05) is 12.1 Å². The Kier molecular flexibility index (Phi) is 7.10. The van der Waals surface area contributed by atoms with Crippen LogP contribution in [-0.2, 0) is 4.74 Å². The predicted octanol–water partition coefficient (Wildman–Crippen LogP) is 6.31. The predicted molar refractivity (Wildman–Crippen MR) is 150 cm³/mol. The van der Waals surface area contributed by atoms with Crippen LogP contribution in [0.1, 0.15) is 25.7 Å². The van der Waals surface area contributed by atoms with Gasteiger partial charge in [-0.15, -0.1) is 0 Å². The van der Waals surface area contributed by atoms with Crippen LogP contribution in [0.3, 0.4) is 0 Å². The number of rotatable bonds is 6. The summed E-state index contributed by atoms with van der Waals surface area (Å²) < 4.78 is 35.6. The molecule has 2 aliphatic carbocycles. The summed E-state index contributed by atoms with van der Waals surface area (Å²) in [5.41, 5.74) is 3.56. The summed E-state index contributed by atoms with van der Waals surface area (Å²) in [7, 11) is 1.72. The molecule has 0 amide bonds. The minimum Gasteiger partial charge on any atom is -0.381 e. The van der Waals surface area contributed by atoms with Gasteiger partial charge < -0.3 is 14.6 Å². The van der Waals surface area contributed by atoms with E-state index in [1.165, 1.54) is 24.4 Å². The number of para-hydroxylation sites is 2. The minimum absolute atomic E-state index is 0.0503. The van der Waals surface area contributed by atoms with E-state index in [2.05, 4.69) is 10.3 Å². The molecule has 1 N–H and O–H groups in total. The summed E-state index contributed by atoms with van der Waals surface area (Å²) in [6.45, 7) is 0. The van der Waals surface area contributed by atoms with E-state index in [9.17, 15) is 18.9 Å². The van der Waals surface area contributed by atoms with Crippen molar-refractivity contribution < 1.29 is 18.4 Å². The van der Waals surface area contributed by atoms with Crippen LogP contribution >= 0.6 is 0 Å². The molecule has 3 aromatic rings. The zero-order valence-corrected chi connectivity index (χ0v) is 22.1. The third-order valence-corrected chi connectivity index (χ3v) is 7.38. The molecule has 9 nitrogen and oxygen atoms in total. The molecule has 41 heavy (non-hydrogen) atoms. The average molecular weight is 557 g/mol. The first kappa shape index (κ1) is 26.5. The average Bonchev–Trinajstić information content (AvgIpc) is 2.98. The summed E-state index contributed by atoms with van der Waals surface area (Å²) in [6, 6.07) is 17.9. The normalized spacial score (nSPS) is 17.7. The summed E-state index contributed by atoms with van der Waals surface area (Å²) in [4.78, 5) is 24.8. The number of methoxy groups -OCH3 is 1. The lowest BCUT2D eigenvalue weighted by molar-refractivity contribution is -0.385. The third kappa shape index (κ3) is 5.36. The van der Waals surface area contributed by atoms with Crippen LogP contribution in [0.5, 0.6) is 0 Å². The molecule has 2 heterocycles. The van der Waals surface area contributed by atoms with Gasteiger partial charge in [-0.3, -0.25) is 15.1 Å². The smallest absolute Gasteiger partial charge is 0.287 e. The highest BCUT2D eigenvalue weighted by Gasteiger charge is 2.22. The monoisotopic (exact) mass is 556 g/mol. The highest BCUT2D eigenvalue weighted by atomic mass is 19.2. The van der Waals surface area contributed by atoms with Crippen LogP contribution in [0.15, 0.2) is 77.9 Å². The Hall–Kier alpha value is -4.77. The zero-order chi connectivity index (χ0) is 28.5. The van der Waals surface area contributed by atoms with Crippen molar-refractivity contribution in [2.45, 2.75) is 37.8 Å². The second kappa shape index (κ2) is 11.0. The molecule has 0 unspecified atom stereocenters. The standard InChI is InChI=1S/C30H26F2N6O3/c1-41-21-10-6-18(7-11-21)34-26-16-29-27(15-25(26)36-30-13-9-20(17-33-30)38(39)40)35-24-4-2-3-5-28(24)37(29)19-8-12-22(31)23(32)14-19/h2-5,8-9,12-18,21H,6-7,10-11H2,1H3,(H,33,36)/b34-26+. The molecule has 0 saturated heterocycles. The first-order chi connectivity index (χ1) is 19.9. The van der Waals surface area contributed by atoms with Crippen LogP contribution < -0.4 is 10.7 Å². The Labute approximate surface area is 233 Å². The highest BCUT2D eigenvalue weighted by Crippen LogP contribution is 2.31. The Bertz CT molecular complexity index is 1780. The maximum Gasteiger partial charge on any atom is 0.287 e. The lowest BCUT2D eigenvalue weighted by Crippen LogP contribution is -2.25. The van der Waals surface area contributed by atoms with E-state index in [4.69, 9.17) is 14.7 Å². The number of benzene rings is 3. The van der Waals surface area contributed by atoms with Gasteiger partial charge in [0.1, 0.15) is 12.0 Å². The van der Waals surface area contributed by atoms with Gasteiger partial charge in [0.15, 0.2) is 11.6 Å². The molecular formula is C30H26F2N6O3. The fraction of sp³-hybridized carbons (Fsp3) is 0.233. The topological polar surface area (TPSA) is 107 Å². The maximum absolute atomic E-state index is 14.4. The quantitative estimate of drug-likeness (QED) is 0.149. The van der Waals surface area contributed by atoms with Gasteiger partial charge in [0.05, 0.1) is 50.5 Å². The van der Waals surface area contributed by atoms with Gasteiger partial charge in [-0.05, 0) is 68.1 Å². The van der Waals surface area contributed by atoms with Gasteiger partial charge in [-0.25, -0.2) is 18.7 Å². The van der Waals surface area contributed by atoms with E-state index >= 15 is 0 Å². The van der Waals surface area contributed by atoms with Crippen molar-refractivity contribution in [2.24, 2.45) is 4.99 Å². The summed E-state index contributed by atoms with van der Waals surface area (Å²) >= 11 is 0. The van der Waals surface area contributed by atoms with Crippen molar-refractivity contribution in [1.82, 2.24) is 14.5 Å². The molecule has 3 aliphatic rings. The minimum atomic E-state index is -0.952. The Morgan fingerprint density at radius 2 is 1.83 bits per heavy atom. The number of pyridine rings is 1. The zero-order valence-electron chi connectivity index (χ0n) is 22.1. The Balaban J connectivity index is 1.56. The van der Waals surface area contributed by atoms with E-state index in [0.29, 0.717) is 39.5 Å². The lowest BCUT2D eigenvalue weighted by Gasteiger charge is -2.25. The number of nitrogens with one attached hydrogen (secondary N) is 1. The van der Waals surface area contributed by atoms with Crippen molar-refractivity contribution in [2.75, 3.05) is 12.4 Å². The molecule has 1 saturated carbocycles. The van der Waals surface area contributed by atoms with Crippen LogP contribution in [-0.4, -0.2) is 38.7 Å². The fourth-order valence-electron chi connectivity index (χ4n) is 5.26. The molecule has 1 aromatic heterocycles. The molecule has 0 radical (unpaired) electrons. The molecule has 11 heteroatoms. The molecule has 0 spiro atoms. The number of nitro groups is 1. The number of ether oxygens (including phenoxy) is 1.